The zero-order valence-electron chi connectivity index (χ0n) is 15.1. The summed E-state index contributed by atoms with van der Waals surface area (Å²) >= 11 is 1.40. The zero-order valence-corrected chi connectivity index (χ0v) is 15.9. The van der Waals surface area contributed by atoms with Crippen molar-refractivity contribution in [1.82, 2.24) is 25.1 Å². The first kappa shape index (κ1) is 18.5. The molecule has 0 radical (unpaired) electrons. The Hall–Kier alpha value is -2.33. The molecular formula is C19H23N5OS. The van der Waals surface area contributed by atoms with Gasteiger partial charge in [-0.2, -0.15) is 0 Å². The molecule has 1 amide bonds. The fourth-order valence-corrected chi connectivity index (χ4v) is 3.63. The van der Waals surface area contributed by atoms with Crippen molar-refractivity contribution >= 4 is 17.7 Å². The molecule has 6 nitrogen and oxygen atoms in total. The lowest BCUT2D eigenvalue weighted by atomic mass is 9.94. The lowest BCUT2D eigenvalue weighted by Crippen LogP contribution is -2.47. The number of amides is 1. The molecule has 1 fully saturated rings. The van der Waals surface area contributed by atoms with Crippen LogP contribution in [0.5, 0.6) is 0 Å². The molecule has 0 bridgehead atoms. The van der Waals surface area contributed by atoms with Crippen LogP contribution >= 0.6 is 11.8 Å². The van der Waals surface area contributed by atoms with E-state index in [0.29, 0.717) is 18.9 Å². The van der Waals surface area contributed by atoms with Gasteiger partial charge in [0.05, 0.1) is 5.75 Å². The maximum absolute atomic E-state index is 12.4. The minimum atomic E-state index is -0.567. The van der Waals surface area contributed by atoms with Gasteiger partial charge in [0.15, 0.2) is 11.0 Å². The Morgan fingerprint density at radius 1 is 1.42 bits per heavy atom. The second-order valence-corrected chi connectivity index (χ2v) is 7.36. The van der Waals surface area contributed by atoms with Crippen molar-refractivity contribution in [2.24, 2.45) is 0 Å². The summed E-state index contributed by atoms with van der Waals surface area (Å²) in [6.07, 6.45) is 12.8. The number of rotatable bonds is 8. The number of hydrogen-bond acceptors (Lipinski definition) is 5. The van der Waals surface area contributed by atoms with Gasteiger partial charge in [-0.1, -0.05) is 31.5 Å². The minimum Gasteiger partial charge on any atom is -0.339 e. The van der Waals surface area contributed by atoms with Crippen LogP contribution in [0.25, 0.3) is 11.4 Å². The molecule has 1 N–H and O–H groups in total. The van der Waals surface area contributed by atoms with E-state index in [1.807, 2.05) is 26.0 Å². The second kappa shape index (κ2) is 7.92. The van der Waals surface area contributed by atoms with Gasteiger partial charge < -0.3 is 5.32 Å². The van der Waals surface area contributed by atoms with Crippen LogP contribution in [0.15, 0.2) is 29.7 Å². The number of carbonyl (C=O) groups is 1. The van der Waals surface area contributed by atoms with E-state index in [2.05, 4.69) is 31.0 Å². The summed E-state index contributed by atoms with van der Waals surface area (Å²) in [6, 6.07) is 4.26. The number of thioether (sulfide) groups is 1. The first-order valence-electron chi connectivity index (χ1n) is 8.89. The summed E-state index contributed by atoms with van der Waals surface area (Å²) in [5, 5.41) is 12.4. The highest BCUT2D eigenvalue weighted by molar-refractivity contribution is 7.99. The van der Waals surface area contributed by atoms with Crippen molar-refractivity contribution < 1.29 is 4.79 Å². The predicted octanol–water partition coefficient (Wildman–Crippen LogP) is 3.08. The molecule has 7 heteroatoms. The van der Waals surface area contributed by atoms with E-state index in [-0.39, 0.29) is 11.7 Å². The SMILES string of the molecule is C#CC(CC)(CC)NC(=O)CSc1nnc(-c2cccnc2)n1C1CC1. The van der Waals surface area contributed by atoms with Gasteiger partial charge in [0.25, 0.3) is 0 Å². The van der Waals surface area contributed by atoms with Gasteiger partial charge in [0.1, 0.15) is 5.54 Å². The third-order valence-corrected chi connectivity index (χ3v) is 5.63. The quantitative estimate of drug-likeness (QED) is 0.572. The number of aromatic nitrogens is 4. The Labute approximate surface area is 158 Å². The lowest BCUT2D eigenvalue weighted by Gasteiger charge is -2.26. The van der Waals surface area contributed by atoms with Crippen LogP contribution in [0, 0.1) is 12.3 Å². The van der Waals surface area contributed by atoms with Crippen LogP contribution in [0.4, 0.5) is 0 Å². The van der Waals surface area contributed by atoms with E-state index < -0.39 is 5.54 Å². The number of carbonyl (C=O) groups excluding carboxylic acids is 1. The van der Waals surface area contributed by atoms with Gasteiger partial charge in [0, 0.05) is 24.0 Å². The molecule has 0 atom stereocenters. The van der Waals surface area contributed by atoms with Crippen LogP contribution in [-0.4, -0.2) is 36.9 Å². The Kier molecular flexibility index (Phi) is 5.62. The number of nitrogens with one attached hydrogen (secondary N) is 1. The molecule has 1 aliphatic rings. The second-order valence-electron chi connectivity index (χ2n) is 6.42. The molecule has 1 saturated carbocycles. The molecule has 0 saturated heterocycles. The number of nitrogens with zero attached hydrogens (tertiary/aromatic N) is 4. The van der Waals surface area contributed by atoms with Crippen molar-refractivity contribution in [2.45, 2.75) is 56.3 Å². The van der Waals surface area contributed by atoms with Gasteiger partial charge in [-0.3, -0.25) is 14.3 Å². The third-order valence-electron chi connectivity index (χ3n) is 4.69. The standard InChI is InChI=1S/C19H23N5OS/c1-4-19(5-2,6-3)21-16(25)13-26-18-23-22-17(24(18)15-9-10-15)14-8-7-11-20-12-14/h1,7-8,11-12,15H,5-6,9-10,13H2,2-3H3,(H,21,25). The fourth-order valence-electron chi connectivity index (χ4n) is 2.83. The van der Waals surface area contributed by atoms with E-state index in [1.54, 1.807) is 12.4 Å². The maximum atomic E-state index is 12.4. The molecule has 1 aliphatic carbocycles. The first-order valence-corrected chi connectivity index (χ1v) is 9.88. The lowest BCUT2D eigenvalue weighted by molar-refractivity contribution is -0.119. The van der Waals surface area contributed by atoms with Crippen LogP contribution in [0.2, 0.25) is 0 Å². The van der Waals surface area contributed by atoms with E-state index >= 15 is 0 Å². The van der Waals surface area contributed by atoms with E-state index in [1.165, 1.54) is 11.8 Å². The highest BCUT2D eigenvalue weighted by Crippen LogP contribution is 2.40. The predicted molar refractivity (Wildman–Crippen MR) is 103 cm³/mol. The first-order chi connectivity index (χ1) is 12.6. The van der Waals surface area contributed by atoms with E-state index in [0.717, 1.165) is 29.4 Å². The summed E-state index contributed by atoms with van der Waals surface area (Å²) in [4.78, 5) is 16.6. The van der Waals surface area contributed by atoms with Gasteiger partial charge in [-0.05, 0) is 37.8 Å². The highest BCUT2D eigenvalue weighted by Gasteiger charge is 2.31. The molecule has 0 aromatic carbocycles. The minimum absolute atomic E-state index is 0.0788. The van der Waals surface area contributed by atoms with Gasteiger partial charge in [0.2, 0.25) is 5.91 Å². The fraction of sp³-hybridized carbons (Fsp3) is 0.474. The molecule has 0 spiro atoms. The summed E-state index contributed by atoms with van der Waals surface area (Å²) < 4.78 is 2.13. The maximum Gasteiger partial charge on any atom is 0.231 e. The Morgan fingerprint density at radius 3 is 2.77 bits per heavy atom. The molecular weight excluding hydrogens is 346 g/mol. The van der Waals surface area contributed by atoms with Crippen LogP contribution in [-0.2, 0) is 4.79 Å². The third kappa shape index (κ3) is 3.91. The Bertz CT molecular complexity index is 803. The summed E-state index contributed by atoms with van der Waals surface area (Å²) in [5.74, 6) is 3.72. The van der Waals surface area contributed by atoms with Crippen molar-refractivity contribution in [3.05, 3.63) is 24.5 Å². The topological polar surface area (TPSA) is 72.7 Å². The number of pyridine rings is 1. The van der Waals surface area contributed by atoms with Crippen LogP contribution in [0.3, 0.4) is 0 Å². The Balaban J connectivity index is 1.72. The molecule has 2 heterocycles. The van der Waals surface area contributed by atoms with E-state index in [9.17, 15) is 4.79 Å². The van der Waals surface area contributed by atoms with Crippen LogP contribution < -0.4 is 5.32 Å². The van der Waals surface area contributed by atoms with Crippen molar-refractivity contribution in [1.29, 1.82) is 0 Å². The molecule has 3 rings (SSSR count). The van der Waals surface area contributed by atoms with Crippen molar-refractivity contribution in [3.63, 3.8) is 0 Å². The molecule has 136 valence electrons. The molecule has 0 aliphatic heterocycles. The highest BCUT2D eigenvalue weighted by atomic mass is 32.2. The Morgan fingerprint density at radius 2 is 2.19 bits per heavy atom. The van der Waals surface area contributed by atoms with Gasteiger partial charge in [-0.15, -0.1) is 16.6 Å². The van der Waals surface area contributed by atoms with E-state index in [4.69, 9.17) is 6.42 Å². The summed E-state index contributed by atoms with van der Waals surface area (Å²) in [6.45, 7) is 3.97. The molecule has 0 unspecified atom stereocenters. The smallest absolute Gasteiger partial charge is 0.231 e. The number of terminal acetylenes is 1. The molecule has 2 aromatic rings. The number of hydrogen-bond donors (Lipinski definition) is 1. The molecule has 26 heavy (non-hydrogen) atoms. The zero-order chi connectivity index (χ0) is 18.6. The monoisotopic (exact) mass is 369 g/mol. The van der Waals surface area contributed by atoms with Crippen LogP contribution in [0.1, 0.15) is 45.6 Å². The van der Waals surface area contributed by atoms with Crippen molar-refractivity contribution in [2.75, 3.05) is 5.75 Å². The summed E-state index contributed by atoms with van der Waals surface area (Å²) in [7, 11) is 0. The van der Waals surface area contributed by atoms with Gasteiger partial charge in [-0.25, -0.2) is 0 Å². The molecule has 2 aromatic heterocycles. The normalized spacial score (nSPS) is 14.0. The largest absolute Gasteiger partial charge is 0.339 e. The van der Waals surface area contributed by atoms with Crippen molar-refractivity contribution in [3.8, 4) is 23.7 Å². The average Bonchev–Trinajstić information content (AvgIpc) is 3.44. The summed E-state index contributed by atoms with van der Waals surface area (Å²) in [5.41, 5.74) is 0.370. The average molecular weight is 369 g/mol. The van der Waals surface area contributed by atoms with Gasteiger partial charge >= 0.3 is 0 Å².